The van der Waals surface area contributed by atoms with E-state index < -0.39 is 0 Å². The molecule has 0 amide bonds. The first-order chi connectivity index (χ1) is 10.8. The van der Waals surface area contributed by atoms with Crippen LogP contribution in [0.1, 0.15) is 38.9 Å². The van der Waals surface area contributed by atoms with Crippen LogP contribution in [0.25, 0.3) is 0 Å². The predicted octanol–water partition coefficient (Wildman–Crippen LogP) is 1.74. The van der Waals surface area contributed by atoms with Crippen LogP contribution in [-0.4, -0.2) is 59.0 Å². The second-order valence-corrected chi connectivity index (χ2v) is 6.62. The summed E-state index contributed by atoms with van der Waals surface area (Å²) in [5.41, 5.74) is 0. The number of nitrogens with zero attached hydrogens (tertiary/aromatic N) is 5. The lowest BCUT2D eigenvalue weighted by atomic mass is 9.93. The van der Waals surface area contributed by atoms with Crippen molar-refractivity contribution in [3.05, 3.63) is 5.82 Å². The van der Waals surface area contributed by atoms with Crippen LogP contribution in [0, 0.1) is 0 Å². The minimum absolute atomic E-state index is 0.638. The first kappa shape index (κ1) is 15.5. The molecule has 1 saturated carbocycles. The summed E-state index contributed by atoms with van der Waals surface area (Å²) in [6.45, 7) is 9.03. The maximum absolute atomic E-state index is 4.67. The van der Waals surface area contributed by atoms with Gasteiger partial charge in [0.1, 0.15) is 5.82 Å². The molecule has 6 nitrogen and oxygen atoms in total. The number of aromatic nitrogens is 2. The average molecular weight is 322 g/mol. The molecule has 2 aliphatic rings. The Labute approximate surface area is 136 Å². The third-order valence-electron chi connectivity index (χ3n) is 4.37. The van der Waals surface area contributed by atoms with Crippen LogP contribution in [0.15, 0.2) is 4.99 Å². The van der Waals surface area contributed by atoms with E-state index in [1.165, 1.54) is 30.8 Å². The second kappa shape index (κ2) is 7.26. The number of nitrogens with one attached hydrogen (secondary N) is 1. The second-order valence-electron chi connectivity index (χ2n) is 5.89. The van der Waals surface area contributed by atoms with Crippen LogP contribution in [0.5, 0.6) is 0 Å². The minimum Gasteiger partial charge on any atom is -0.354 e. The molecule has 122 valence electrons. The number of hydrogen-bond acceptors (Lipinski definition) is 5. The molecular formula is C15H26N6S. The SMILES string of the molecule is CCN=C(NC1CCC1)N1CCN(c2nc(CC)ns2)CC1. The topological polar surface area (TPSA) is 56.7 Å². The molecular weight excluding hydrogens is 296 g/mol. The molecule has 7 heteroatoms. The van der Waals surface area contributed by atoms with E-state index in [1.54, 1.807) is 0 Å². The summed E-state index contributed by atoms with van der Waals surface area (Å²) < 4.78 is 4.39. The van der Waals surface area contributed by atoms with Crippen LogP contribution < -0.4 is 10.2 Å². The molecule has 22 heavy (non-hydrogen) atoms. The van der Waals surface area contributed by atoms with Gasteiger partial charge in [-0.25, -0.2) is 4.98 Å². The van der Waals surface area contributed by atoms with Gasteiger partial charge in [0.25, 0.3) is 0 Å². The van der Waals surface area contributed by atoms with Gasteiger partial charge in [-0.1, -0.05) is 6.92 Å². The van der Waals surface area contributed by atoms with Crippen LogP contribution in [-0.2, 0) is 6.42 Å². The van der Waals surface area contributed by atoms with Crippen LogP contribution in [0.4, 0.5) is 5.13 Å². The van der Waals surface area contributed by atoms with Crippen molar-refractivity contribution in [1.82, 2.24) is 19.6 Å². The summed E-state index contributed by atoms with van der Waals surface area (Å²) >= 11 is 1.52. The highest BCUT2D eigenvalue weighted by molar-refractivity contribution is 7.09. The molecule has 0 aromatic carbocycles. The summed E-state index contributed by atoms with van der Waals surface area (Å²) in [5, 5.41) is 4.69. The highest BCUT2D eigenvalue weighted by atomic mass is 32.1. The van der Waals surface area contributed by atoms with Crippen molar-refractivity contribution in [2.45, 2.75) is 45.6 Å². The lowest BCUT2D eigenvalue weighted by Gasteiger charge is -2.38. The van der Waals surface area contributed by atoms with Crippen molar-refractivity contribution in [2.75, 3.05) is 37.6 Å². The highest BCUT2D eigenvalue weighted by Gasteiger charge is 2.25. The fourth-order valence-electron chi connectivity index (χ4n) is 2.75. The maximum atomic E-state index is 4.67. The van der Waals surface area contributed by atoms with Crippen molar-refractivity contribution in [3.63, 3.8) is 0 Å². The fraction of sp³-hybridized carbons (Fsp3) is 0.800. The monoisotopic (exact) mass is 322 g/mol. The Hall–Kier alpha value is -1.37. The predicted molar refractivity (Wildman–Crippen MR) is 91.8 cm³/mol. The Bertz CT molecular complexity index is 502. The zero-order valence-corrected chi connectivity index (χ0v) is 14.4. The number of aliphatic imine (C=N–C) groups is 1. The molecule has 1 aromatic rings. The quantitative estimate of drug-likeness (QED) is 0.676. The van der Waals surface area contributed by atoms with E-state index in [2.05, 4.69) is 43.3 Å². The molecule has 0 spiro atoms. The minimum atomic E-state index is 0.638. The van der Waals surface area contributed by atoms with Crippen LogP contribution >= 0.6 is 11.5 Å². The summed E-state index contributed by atoms with van der Waals surface area (Å²) in [4.78, 5) is 14.0. The zero-order valence-electron chi connectivity index (χ0n) is 13.6. The lowest BCUT2D eigenvalue weighted by Crippen LogP contribution is -2.55. The van der Waals surface area contributed by atoms with Crippen LogP contribution in [0.2, 0.25) is 0 Å². The van der Waals surface area contributed by atoms with Crippen molar-refractivity contribution < 1.29 is 0 Å². The smallest absolute Gasteiger partial charge is 0.205 e. The molecule has 0 atom stereocenters. The molecule has 0 bridgehead atoms. The standard InChI is InChI=1S/C15H26N6S/c1-3-13-18-15(22-19-13)21-10-8-20(9-11-21)14(16-4-2)17-12-6-5-7-12/h12H,3-11H2,1-2H3,(H,16,17). The zero-order chi connectivity index (χ0) is 15.4. The Kier molecular flexibility index (Phi) is 5.12. The largest absolute Gasteiger partial charge is 0.354 e. The van der Waals surface area contributed by atoms with Gasteiger partial charge in [-0.05, 0) is 26.2 Å². The number of guanidine groups is 1. The van der Waals surface area contributed by atoms with E-state index in [0.29, 0.717) is 6.04 Å². The molecule has 0 unspecified atom stereocenters. The fourth-order valence-corrected chi connectivity index (χ4v) is 3.55. The molecule has 0 radical (unpaired) electrons. The molecule has 1 saturated heterocycles. The van der Waals surface area contributed by atoms with E-state index in [-0.39, 0.29) is 0 Å². The normalized spacial score (nSPS) is 20.2. The summed E-state index contributed by atoms with van der Waals surface area (Å²) in [7, 11) is 0. The third-order valence-corrected chi connectivity index (χ3v) is 5.18. The van der Waals surface area contributed by atoms with Gasteiger partial charge in [0.2, 0.25) is 5.13 Å². The van der Waals surface area contributed by atoms with Crippen molar-refractivity contribution in [3.8, 4) is 0 Å². The summed E-state index contributed by atoms with van der Waals surface area (Å²) in [6.07, 6.45) is 4.83. The average Bonchev–Trinajstić information content (AvgIpc) is 2.99. The highest BCUT2D eigenvalue weighted by Crippen LogP contribution is 2.21. The number of anilines is 1. The molecule has 1 aromatic heterocycles. The summed E-state index contributed by atoms with van der Waals surface area (Å²) in [6, 6.07) is 0.638. The maximum Gasteiger partial charge on any atom is 0.205 e. The van der Waals surface area contributed by atoms with Gasteiger partial charge in [0.15, 0.2) is 5.96 Å². The molecule has 1 aliphatic heterocycles. The van der Waals surface area contributed by atoms with Gasteiger partial charge in [-0.15, -0.1) is 0 Å². The van der Waals surface area contributed by atoms with Crippen molar-refractivity contribution in [1.29, 1.82) is 0 Å². The first-order valence-corrected chi connectivity index (χ1v) is 9.21. The Morgan fingerprint density at radius 3 is 2.59 bits per heavy atom. The van der Waals surface area contributed by atoms with Gasteiger partial charge in [-0.2, -0.15) is 4.37 Å². The van der Waals surface area contributed by atoms with Gasteiger partial charge in [-0.3, -0.25) is 4.99 Å². The number of aryl methyl sites for hydroxylation is 1. The lowest BCUT2D eigenvalue weighted by molar-refractivity contribution is 0.331. The van der Waals surface area contributed by atoms with E-state index in [0.717, 1.165) is 56.1 Å². The Morgan fingerprint density at radius 1 is 1.27 bits per heavy atom. The van der Waals surface area contributed by atoms with Gasteiger partial charge >= 0.3 is 0 Å². The Balaban J connectivity index is 1.56. The van der Waals surface area contributed by atoms with Crippen LogP contribution in [0.3, 0.4) is 0 Å². The van der Waals surface area contributed by atoms with Crippen molar-refractivity contribution in [2.24, 2.45) is 4.99 Å². The first-order valence-electron chi connectivity index (χ1n) is 8.43. The van der Waals surface area contributed by atoms with E-state index in [9.17, 15) is 0 Å². The molecule has 3 rings (SSSR count). The van der Waals surface area contributed by atoms with E-state index in [1.807, 2.05) is 0 Å². The van der Waals surface area contributed by atoms with Gasteiger partial charge in [0.05, 0.1) is 0 Å². The van der Waals surface area contributed by atoms with E-state index >= 15 is 0 Å². The van der Waals surface area contributed by atoms with Gasteiger partial charge in [0, 0.05) is 56.7 Å². The molecule has 2 fully saturated rings. The molecule has 1 aliphatic carbocycles. The third kappa shape index (κ3) is 3.51. The number of hydrogen-bond donors (Lipinski definition) is 1. The summed E-state index contributed by atoms with van der Waals surface area (Å²) in [5.74, 6) is 2.06. The molecule has 1 N–H and O–H groups in total. The Morgan fingerprint density at radius 2 is 2.05 bits per heavy atom. The molecule has 2 heterocycles. The van der Waals surface area contributed by atoms with Crippen molar-refractivity contribution >= 4 is 22.6 Å². The number of rotatable bonds is 4. The number of piperazine rings is 1. The van der Waals surface area contributed by atoms with Gasteiger partial charge < -0.3 is 15.1 Å². The van der Waals surface area contributed by atoms with E-state index in [4.69, 9.17) is 0 Å².